The molecule has 33 heavy (non-hydrogen) atoms. The number of rotatable bonds is 8. The third kappa shape index (κ3) is 5.65. The molecule has 1 amide bonds. The number of aryl methyl sites for hydroxylation is 2. The van der Waals surface area contributed by atoms with Crippen LogP contribution in [0.3, 0.4) is 0 Å². The fourth-order valence-corrected chi connectivity index (χ4v) is 6.26. The van der Waals surface area contributed by atoms with E-state index in [1.807, 2.05) is 12.1 Å². The number of carbonyl (C=O) groups is 1. The summed E-state index contributed by atoms with van der Waals surface area (Å²) in [5.74, 6) is 0.186. The lowest BCUT2D eigenvalue weighted by Crippen LogP contribution is -2.44. The fourth-order valence-electron chi connectivity index (χ4n) is 4.86. The van der Waals surface area contributed by atoms with E-state index in [4.69, 9.17) is 4.74 Å². The first kappa shape index (κ1) is 23.9. The number of amides is 1. The van der Waals surface area contributed by atoms with E-state index in [0.717, 1.165) is 37.8 Å². The third-order valence-corrected chi connectivity index (χ3v) is 8.62. The van der Waals surface area contributed by atoms with E-state index in [2.05, 4.69) is 36.1 Å². The van der Waals surface area contributed by atoms with Crippen molar-refractivity contribution in [1.82, 2.24) is 9.21 Å². The molecule has 0 aromatic heterocycles. The van der Waals surface area contributed by atoms with E-state index in [0.29, 0.717) is 44.0 Å². The molecule has 1 saturated heterocycles. The number of ether oxygens (including phenoxy) is 1. The zero-order valence-electron chi connectivity index (χ0n) is 19.4. The summed E-state index contributed by atoms with van der Waals surface area (Å²) in [6.45, 7) is 4.53. The van der Waals surface area contributed by atoms with Gasteiger partial charge in [-0.3, -0.25) is 4.79 Å². The standard InChI is InChI=1S/C26H34N2O4S/c1-2-15-28(24-11-10-22-5-3-4-6-23(22)20-24)26(29)14-9-21-7-12-25(13-8-21)33(30,31)27-16-18-32-19-17-27/h3-8,12-13,24H,2,9-11,14-20H2,1H3. The van der Waals surface area contributed by atoms with E-state index in [1.54, 1.807) is 12.1 Å². The molecule has 0 radical (unpaired) electrons. The monoisotopic (exact) mass is 470 g/mol. The summed E-state index contributed by atoms with van der Waals surface area (Å²) in [6, 6.07) is 15.8. The Morgan fingerprint density at radius 1 is 1.06 bits per heavy atom. The largest absolute Gasteiger partial charge is 0.379 e. The van der Waals surface area contributed by atoms with Crippen LogP contribution >= 0.6 is 0 Å². The summed E-state index contributed by atoms with van der Waals surface area (Å²) >= 11 is 0. The molecule has 2 aromatic carbocycles. The summed E-state index contributed by atoms with van der Waals surface area (Å²) in [5, 5.41) is 0. The maximum atomic E-state index is 13.2. The van der Waals surface area contributed by atoms with Crippen molar-refractivity contribution in [3.8, 4) is 0 Å². The van der Waals surface area contributed by atoms with Gasteiger partial charge in [-0.1, -0.05) is 43.3 Å². The quantitative estimate of drug-likeness (QED) is 0.593. The number of sulfonamides is 1. The first-order valence-electron chi connectivity index (χ1n) is 12.0. The molecule has 0 saturated carbocycles. The number of hydrogen-bond donors (Lipinski definition) is 0. The van der Waals surface area contributed by atoms with E-state index in [9.17, 15) is 13.2 Å². The van der Waals surface area contributed by atoms with Gasteiger partial charge < -0.3 is 9.64 Å². The Hall–Kier alpha value is -2.22. The van der Waals surface area contributed by atoms with E-state index < -0.39 is 10.0 Å². The Balaban J connectivity index is 1.37. The molecule has 2 aliphatic rings. The van der Waals surface area contributed by atoms with Crippen molar-refractivity contribution in [3.05, 3.63) is 65.2 Å². The van der Waals surface area contributed by atoms with Crippen molar-refractivity contribution in [1.29, 1.82) is 0 Å². The highest BCUT2D eigenvalue weighted by atomic mass is 32.2. The normalized spacial score (nSPS) is 19.1. The maximum Gasteiger partial charge on any atom is 0.243 e. The van der Waals surface area contributed by atoms with Gasteiger partial charge in [-0.15, -0.1) is 0 Å². The van der Waals surface area contributed by atoms with Crippen molar-refractivity contribution < 1.29 is 17.9 Å². The van der Waals surface area contributed by atoms with Crippen molar-refractivity contribution in [2.24, 2.45) is 0 Å². The summed E-state index contributed by atoms with van der Waals surface area (Å²) in [6.07, 6.45) is 4.95. The second-order valence-electron chi connectivity index (χ2n) is 8.91. The van der Waals surface area contributed by atoms with Crippen molar-refractivity contribution in [2.45, 2.75) is 56.4 Å². The van der Waals surface area contributed by atoms with Crippen LogP contribution in [0, 0.1) is 0 Å². The van der Waals surface area contributed by atoms with Crippen molar-refractivity contribution in [2.75, 3.05) is 32.8 Å². The molecule has 0 spiro atoms. The van der Waals surface area contributed by atoms with Gasteiger partial charge in [0, 0.05) is 32.1 Å². The zero-order chi connectivity index (χ0) is 23.3. The molecular formula is C26H34N2O4S. The molecule has 178 valence electrons. The van der Waals surface area contributed by atoms with Crippen molar-refractivity contribution >= 4 is 15.9 Å². The molecule has 2 aromatic rings. The highest BCUT2D eigenvalue weighted by Crippen LogP contribution is 2.25. The lowest BCUT2D eigenvalue weighted by Gasteiger charge is -2.35. The minimum Gasteiger partial charge on any atom is -0.379 e. The average molecular weight is 471 g/mol. The summed E-state index contributed by atoms with van der Waals surface area (Å²) in [5.41, 5.74) is 3.75. The predicted molar refractivity (Wildman–Crippen MR) is 129 cm³/mol. The van der Waals surface area contributed by atoms with Crippen molar-refractivity contribution in [3.63, 3.8) is 0 Å². The minimum atomic E-state index is -3.49. The minimum absolute atomic E-state index is 0.186. The van der Waals surface area contributed by atoms with Crippen LogP contribution in [0.1, 0.15) is 42.9 Å². The van der Waals surface area contributed by atoms with Gasteiger partial charge in [-0.05, 0) is 60.9 Å². The Morgan fingerprint density at radius 2 is 1.76 bits per heavy atom. The van der Waals surface area contributed by atoms with Crippen LogP contribution in [-0.4, -0.2) is 62.4 Å². The number of fused-ring (bicyclic) bond motifs is 1. The van der Waals surface area contributed by atoms with Gasteiger partial charge in [0.2, 0.25) is 15.9 Å². The Labute approximate surface area is 197 Å². The molecule has 7 heteroatoms. The Bertz CT molecular complexity index is 1050. The maximum absolute atomic E-state index is 13.2. The average Bonchev–Trinajstić information content (AvgIpc) is 2.86. The fraction of sp³-hybridized carbons (Fsp3) is 0.500. The zero-order valence-corrected chi connectivity index (χ0v) is 20.2. The highest BCUT2D eigenvalue weighted by Gasteiger charge is 2.28. The molecule has 1 aliphatic heterocycles. The topological polar surface area (TPSA) is 66.9 Å². The van der Waals surface area contributed by atoms with E-state index in [-0.39, 0.29) is 11.9 Å². The van der Waals surface area contributed by atoms with Gasteiger partial charge in [-0.25, -0.2) is 8.42 Å². The van der Waals surface area contributed by atoms with Gasteiger partial charge in [-0.2, -0.15) is 4.31 Å². The predicted octanol–water partition coefficient (Wildman–Crippen LogP) is 3.44. The van der Waals surface area contributed by atoms with Crippen LogP contribution < -0.4 is 0 Å². The van der Waals surface area contributed by atoms with E-state index >= 15 is 0 Å². The smallest absolute Gasteiger partial charge is 0.243 e. The second kappa shape index (κ2) is 10.8. The molecule has 0 N–H and O–H groups in total. The molecule has 1 fully saturated rings. The van der Waals surface area contributed by atoms with Crippen LogP contribution in [-0.2, 0) is 38.8 Å². The van der Waals surface area contributed by atoms with Crippen LogP contribution in [0.5, 0.6) is 0 Å². The Morgan fingerprint density at radius 3 is 2.45 bits per heavy atom. The summed E-state index contributed by atoms with van der Waals surface area (Å²) in [4.78, 5) is 15.5. The molecule has 1 unspecified atom stereocenters. The summed E-state index contributed by atoms with van der Waals surface area (Å²) in [7, 11) is -3.49. The first-order chi connectivity index (χ1) is 16.0. The number of morpholine rings is 1. The molecule has 6 nitrogen and oxygen atoms in total. The van der Waals surface area contributed by atoms with Gasteiger partial charge in [0.15, 0.2) is 0 Å². The van der Waals surface area contributed by atoms with Gasteiger partial charge >= 0.3 is 0 Å². The molecule has 0 bridgehead atoms. The van der Waals surface area contributed by atoms with Crippen LogP contribution in [0.25, 0.3) is 0 Å². The van der Waals surface area contributed by atoms with E-state index in [1.165, 1.54) is 15.4 Å². The molecule has 1 aliphatic carbocycles. The second-order valence-corrected chi connectivity index (χ2v) is 10.9. The summed E-state index contributed by atoms with van der Waals surface area (Å²) < 4.78 is 32.3. The van der Waals surface area contributed by atoms with Gasteiger partial charge in [0.25, 0.3) is 0 Å². The Kier molecular flexibility index (Phi) is 7.83. The van der Waals surface area contributed by atoms with Crippen LogP contribution in [0.4, 0.5) is 0 Å². The van der Waals surface area contributed by atoms with Crippen LogP contribution in [0.15, 0.2) is 53.4 Å². The number of benzene rings is 2. The third-order valence-electron chi connectivity index (χ3n) is 6.71. The molecule has 1 atom stereocenters. The highest BCUT2D eigenvalue weighted by molar-refractivity contribution is 7.89. The SMILES string of the molecule is CCCN(C(=O)CCc1ccc(S(=O)(=O)N2CCOCC2)cc1)C1CCc2ccccc2C1. The number of carbonyl (C=O) groups excluding carboxylic acids is 1. The lowest BCUT2D eigenvalue weighted by molar-refractivity contribution is -0.133. The molecule has 1 heterocycles. The first-order valence-corrected chi connectivity index (χ1v) is 13.5. The van der Waals surface area contributed by atoms with Gasteiger partial charge in [0.05, 0.1) is 18.1 Å². The number of nitrogens with zero attached hydrogens (tertiary/aromatic N) is 2. The lowest BCUT2D eigenvalue weighted by atomic mass is 9.87. The molecule has 4 rings (SSSR count). The van der Waals surface area contributed by atoms with Gasteiger partial charge in [0.1, 0.15) is 0 Å². The van der Waals surface area contributed by atoms with Crippen LogP contribution in [0.2, 0.25) is 0 Å². The number of hydrogen-bond acceptors (Lipinski definition) is 4. The molecular weight excluding hydrogens is 436 g/mol.